The quantitative estimate of drug-likeness (QED) is 0.624. The number of ether oxygens (including phenoxy) is 2. The van der Waals surface area contributed by atoms with E-state index in [2.05, 4.69) is 0 Å². The van der Waals surface area contributed by atoms with Gasteiger partial charge in [0.25, 0.3) is 0 Å². The summed E-state index contributed by atoms with van der Waals surface area (Å²) >= 11 is 0. The smallest absolute Gasteiger partial charge is 0.249 e. The van der Waals surface area contributed by atoms with Gasteiger partial charge < -0.3 is 19.3 Å². The molecular formula is C24H28N2O4. The fourth-order valence-corrected chi connectivity index (χ4v) is 3.50. The molecule has 1 heterocycles. The Balaban J connectivity index is 1.67. The molecule has 1 atom stereocenters. The topological polar surface area (TPSA) is 59.1 Å². The first-order chi connectivity index (χ1) is 14.5. The van der Waals surface area contributed by atoms with Crippen molar-refractivity contribution in [2.45, 2.75) is 26.3 Å². The average molecular weight is 408 g/mol. The van der Waals surface area contributed by atoms with Gasteiger partial charge in [-0.05, 0) is 56.2 Å². The van der Waals surface area contributed by atoms with Crippen molar-refractivity contribution in [3.63, 3.8) is 0 Å². The molecule has 2 aromatic carbocycles. The Morgan fingerprint density at radius 2 is 1.80 bits per heavy atom. The standard InChI is InChI=1S/C24H28N2O4/c1-4-29-21-13-11-18(17-22(21)30-5-2)12-14-23(27)25(3)20-15-16-26(24(20)28)19-9-7-6-8-10-19/h6-14,17,20H,4-5,15-16H2,1-3H3/b14-12+. The summed E-state index contributed by atoms with van der Waals surface area (Å²) in [6.45, 7) is 5.51. The van der Waals surface area contributed by atoms with Crippen LogP contribution in [0.25, 0.3) is 6.08 Å². The zero-order chi connectivity index (χ0) is 21.5. The third-order valence-electron chi connectivity index (χ3n) is 5.05. The molecule has 2 aromatic rings. The third kappa shape index (κ3) is 4.82. The van der Waals surface area contributed by atoms with E-state index in [4.69, 9.17) is 9.47 Å². The Morgan fingerprint density at radius 3 is 2.50 bits per heavy atom. The highest BCUT2D eigenvalue weighted by atomic mass is 16.5. The second kappa shape index (κ2) is 9.96. The summed E-state index contributed by atoms with van der Waals surface area (Å²) in [5.41, 5.74) is 1.69. The fourth-order valence-electron chi connectivity index (χ4n) is 3.50. The summed E-state index contributed by atoms with van der Waals surface area (Å²) in [6, 6.07) is 14.6. The molecule has 2 amide bonds. The van der Waals surface area contributed by atoms with Gasteiger partial charge in [0.1, 0.15) is 6.04 Å². The molecule has 158 valence electrons. The van der Waals surface area contributed by atoms with E-state index in [0.29, 0.717) is 37.7 Å². The summed E-state index contributed by atoms with van der Waals surface area (Å²) in [7, 11) is 1.67. The number of carbonyl (C=O) groups excluding carboxylic acids is 2. The molecule has 0 radical (unpaired) electrons. The van der Waals surface area contributed by atoms with E-state index in [9.17, 15) is 9.59 Å². The molecule has 1 fully saturated rings. The Labute approximate surface area is 177 Å². The van der Waals surface area contributed by atoms with Crippen LogP contribution in [0.3, 0.4) is 0 Å². The number of benzene rings is 2. The van der Waals surface area contributed by atoms with Gasteiger partial charge in [0, 0.05) is 25.4 Å². The predicted octanol–water partition coefficient (Wildman–Crippen LogP) is 3.76. The molecule has 0 aliphatic carbocycles. The third-order valence-corrected chi connectivity index (χ3v) is 5.05. The molecule has 30 heavy (non-hydrogen) atoms. The van der Waals surface area contributed by atoms with Crippen molar-refractivity contribution < 1.29 is 19.1 Å². The van der Waals surface area contributed by atoms with Crippen LogP contribution in [-0.4, -0.2) is 49.6 Å². The van der Waals surface area contributed by atoms with Gasteiger partial charge in [-0.1, -0.05) is 24.3 Å². The number of carbonyl (C=O) groups is 2. The van der Waals surface area contributed by atoms with Crippen LogP contribution in [0.1, 0.15) is 25.8 Å². The number of rotatable bonds is 8. The Morgan fingerprint density at radius 1 is 1.10 bits per heavy atom. The van der Waals surface area contributed by atoms with E-state index in [1.165, 1.54) is 11.0 Å². The first-order valence-electron chi connectivity index (χ1n) is 10.3. The van der Waals surface area contributed by atoms with Gasteiger partial charge in [-0.25, -0.2) is 0 Å². The van der Waals surface area contributed by atoms with Crippen LogP contribution >= 0.6 is 0 Å². The number of hydrogen-bond acceptors (Lipinski definition) is 4. The molecule has 1 unspecified atom stereocenters. The molecular weight excluding hydrogens is 380 g/mol. The highest BCUT2D eigenvalue weighted by molar-refractivity contribution is 6.03. The Bertz CT molecular complexity index is 911. The van der Waals surface area contributed by atoms with Crippen molar-refractivity contribution in [2.24, 2.45) is 0 Å². The molecule has 0 N–H and O–H groups in total. The molecule has 6 heteroatoms. The van der Waals surface area contributed by atoms with Crippen LogP contribution in [0.5, 0.6) is 11.5 Å². The average Bonchev–Trinajstić information content (AvgIpc) is 3.15. The van der Waals surface area contributed by atoms with Crippen molar-refractivity contribution in [1.29, 1.82) is 0 Å². The number of likely N-dealkylation sites (N-methyl/N-ethyl adjacent to an activating group) is 1. The maximum atomic E-state index is 12.8. The van der Waals surface area contributed by atoms with Crippen LogP contribution in [0.4, 0.5) is 5.69 Å². The molecule has 0 aromatic heterocycles. The van der Waals surface area contributed by atoms with Gasteiger partial charge in [0.2, 0.25) is 11.8 Å². The van der Waals surface area contributed by atoms with Gasteiger partial charge in [0.15, 0.2) is 11.5 Å². The minimum atomic E-state index is -0.457. The largest absolute Gasteiger partial charge is 0.490 e. The molecule has 1 saturated heterocycles. The minimum absolute atomic E-state index is 0.0508. The number of para-hydroxylation sites is 1. The lowest BCUT2D eigenvalue weighted by molar-refractivity contribution is -0.132. The zero-order valence-corrected chi connectivity index (χ0v) is 17.7. The number of anilines is 1. The van der Waals surface area contributed by atoms with Crippen LogP contribution in [0.2, 0.25) is 0 Å². The van der Waals surface area contributed by atoms with Crippen LogP contribution in [-0.2, 0) is 9.59 Å². The maximum Gasteiger partial charge on any atom is 0.249 e. The van der Waals surface area contributed by atoms with Crippen molar-refractivity contribution in [3.05, 3.63) is 60.2 Å². The fraction of sp³-hybridized carbons (Fsp3) is 0.333. The summed E-state index contributed by atoms with van der Waals surface area (Å²) in [4.78, 5) is 28.8. The van der Waals surface area contributed by atoms with E-state index in [-0.39, 0.29) is 11.8 Å². The van der Waals surface area contributed by atoms with Crippen molar-refractivity contribution >= 4 is 23.6 Å². The second-order valence-corrected chi connectivity index (χ2v) is 6.98. The molecule has 6 nitrogen and oxygen atoms in total. The lowest BCUT2D eigenvalue weighted by Gasteiger charge is -2.23. The normalized spacial score (nSPS) is 16.2. The molecule has 3 rings (SSSR count). The van der Waals surface area contributed by atoms with Gasteiger partial charge in [-0.3, -0.25) is 9.59 Å². The van der Waals surface area contributed by atoms with E-state index < -0.39 is 6.04 Å². The van der Waals surface area contributed by atoms with Crippen molar-refractivity contribution in [2.75, 3.05) is 31.7 Å². The first-order valence-corrected chi connectivity index (χ1v) is 10.3. The predicted molar refractivity (Wildman–Crippen MR) is 118 cm³/mol. The lowest BCUT2D eigenvalue weighted by atomic mass is 10.1. The number of amides is 2. The second-order valence-electron chi connectivity index (χ2n) is 6.98. The lowest BCUT2D eigenvalue weighted by Crippen LogP contribution is -2.42. The Hall–Kier alpha value is -3.28. The minimum Gasteiger partial charge on any atom is -0.490 e. The van der Waals surface area contributed by atoms with Gasteiger partial charge >= 0.3 is 0 Å². The molecule has 1 aliphatic rings. The molecule has 0 bridgehead atoms. The maximum absolute atomic E-state index is 12.8. The summed E-state index contributed by atoms with van der Waals surface area (Å²) in [5, 5.41) is 0. The molecule has 1 aliphatic heterocycles. The van der Waals surface area contributed by atoms with Gasteiger partial charge in [0.05, 0.1) is 13.2 Å². The molecule has 0 spiro atoms. The van der Waals surface area contributed by atoms with Crippen LogP contribution in [0.15, 0.2) is 54.6 Å². The monoisotopic (exact) mass is 408 g/mol. The summed E-state index contributed by atoms with van der Waals surface area (Å²) in [6.07, 6.45) is 3.83. The summed E-state index contributed by atoms with van der Waals surface area (Å²) < 4.78 is 11.2. The van der Waals surface area contributed by atoms with E-state index in [1.807, 2.05) is 62.4 Å². The van der Waals surface area contributed by atoms with Crippen molar-refractivity contribution in [1.82, 2.24) is 4.90 Å². The van der Waals surface area contributed by atoms with E-state index >= 15 is 0 Å². The molecule has 0 saturated carbocycles. The van der Waals surface area contributed by atoms with E-state index in [0.717, 1.165) is 11.3 Å². The van der Waals surface area contributed by atoms with Crippen LogP contribution in [0, 0.1) is 0 Å². The highest BCUT2D eigenvalue weighted by Crippen LogP contribution is 2.29. The first kappa shape index (κ1) is 21.4. The number of hydrogen-bond donors (Lipinski definition) is 0. The summed E-state index contributed by atoms with van der Waals surface area (Å²) in [5.74, 6) is 1.06. The van der Waals surface area contributed by atoms with Gasteiger partial charge in [-0.2, -0.15) is 0 Å². The van der Waals surface area contributed by atoms with Crippen molar-refractivity contribution in [3.8, 4) is 11.5 Å². The van der Waals surface area contributed by atoms with Crippen LogP contribution < -0.4 is 14.4 Å². The van der Waals surface area contributed by atoms with Gasteiger partial charge in [-0.15, -0.1) is 0 Å². The Kier molecular flexibility index (Phi) is 7.12. The number of nitrogens with zero attached hydrogens (tertiary/aromatic N) is 2. The van der Waals surface area contributed by atoms with E-state index in [1.54, 1.807) is 18.0 Å². The SMILES string of the molecule is CCOc1ccc(/C=C/C(=O)N(C)C2CCN(c3ccccc3)C2=O)cc1OCC. The zero-order valence-electron chi connectivity index (χ0n) is 17.7. The highest BCUT2D eigenvalue weighted by Gasteiger charge is 2.36.